The molecule has 0 aliphatic carbocycles. The van der Waals surface area contributed by atoms with Crippen LogP contribution in [-0.4, -0.2) is 35.5 Å². The van der Waals surface area contributed by atoms with E-state index < -0.39 is 23.6 Å². The van der Waals surface area contributed by atoms with Gasteiger partial charge in [0.1, 0.15) is 6.10 Å². The third-order valence-corrected chi connectivity index (χ3v) is 6.10. The van der Waals surface area contributed by atoms with Crippen LogP contribution in [-0.2, 0) is 35.9 Å². The maximum Gasteiger partial charge on any atom is 0.354 e. The van der Waals surface area contributed by atoms with E-state index in [0.717, 1.165) is 5.56 Å². The molecule has 1 heterocycles. The van der Waals surface area contributed by atoms with Crippen molar-refractivity contribution in [3.63, 3.8) is 0 Å². The molecule has 1 N–H and O–H groups in total. The normalized spacial score (nSPS) is 18.7. The largest absolute Gasteiger partial charge is 0.478 e. The van der Waals surface area contributed by atoms with Crippen molar-refractivity contribution >= 4 is 29.3 Å². The Kier molecular flexibility index (Phi) is 8.00. The second-order valence-electron chi connectivity index (χ2n) is 9.39. The minimum Gasteiger partial charge on any atom is -0.478 e. The lowest BCUT2D eigenvalue weighted by molar-refractivity contribution is -0.187. The van der Waals surface area contributed by atoms with Crippen molar-refractivity contribution in [2.45, 2.75) is 63.8 Å². The van der Waals surface area contributed by atoms with Crippen molar-refractivity contribution in [3.05, 3.63) is 70.2 Å². The summed E-state index contributed by atoms with van der Waals surface area (Å²) in [4.78, 5) is 29.6. The molecule has 7 nitrogen and oxygen atoms in total. The zero-order valence-corrected chi connectivity index (χ0v) is 20.6. The Morgan fingerprint density at radius 2 is 1.79 bits per heavy atom. The first kappa shape index (κ1) is 25.7. The topological polar surface area (TPSA) is 94.4 Å². The fourth-order valence-corrected chi connectivity index (χ4v) is 3.91. The SMILES string of the molecule is COC(=O)CCC1=NOC(C(=O)O)(C(OCc2ccc(C(C)(C)C)cc2)c2ccc(Cl)cc2)C1. The fraction of sp³-hybridized carbons (Fsp3) is 0.423. The number of benzene rings is 2. The summed E-state index contributed by atoms with van der Waals surface area (Å²) in [7, 11) is 1.30. The number of esters is 1. The molecule has 2 unspecified atom stereocenters. The van der Waals surface area contributed by atoms with Gasteiger partial charge in [0.25, 0.3) is 5.60 Å². The standard InChI is InChI=1S/C26H30ClNO6/c1-25(2,3)19-9-5-17(6-10-19)16-33-23(18-7-11-20(27)12-8-18)26(24(30)31)15-21(28-34-26)13-14-22(29)32-4/h5-12,23H,13-16H2,1-4H3,(H,30,31). The van der Waals surface area contributed by atoms with Gasteiger partial charge in [0.2, 0.25) is 0 Å². The highest BCUT2D eigenvalue weighted by atomic mass is 35.5. The molecule has 34 heavy (non-hydrogen) atoms. The Morgan fingerprint density at radius 1 is 1.15 bits per heavy atom. The van der Waals surface area contributed by atoms with Crippen molar-refractivity contribution in [1.82, 2.24) is 0 Å². The summed E-state index contributed by atoms with van der Waals surface area (Å²) in [5.74, 6) is -1.60. The molecule has 0 amide bonds. The van der Waals surface area contributed by atoms with E-state index in [4.69, 9.17) is 21.2 Å². The highest BCUT2D eigenvalue weighted by molar-refractivity contribution is 6.30. The lowest BCUT2D eigenvalue weighted by Gasteiger charge is -2.31. The molecule has 8 heteroatoms. The summed E-state index contributed by atoms with van der Waals surface area (Å²) in [5.41, 5.74) is 1.40. The summed E-state index contributed by atoms with van der Waals surface area (Å²) >= 11 is 6.05. The summed E-state index contributed by atoms with van der Waals surface area (Å²) in [5, 5.41) is 14.7. The molecule has 0 radical (unpaired) electrons. The van der Waals surface area contributed by atoms with Crippen molar-refractivity contribution in [2.75, 3.05) is 7.11 Å². The number of carbonyl (C=O) groups is 2. The molecule has 182 valence electrons. The van der Waals surface area contributed by atoms with Gasteiger partial charge in [-0.2, -0.15) is 0 Å². The Balaban J connectivity index is 1.85. The smallest absolute Gasteiger partial charge is 0.354 e. The first-order chi connectivity index (χ1) is 16.0. The predicted molar refractivity (Wildman–Crippen MR) is 129 cm³/mol. The molecule has 0 aromatic heterocycles. The van der Waals surface area contributed by atoms with E-state index in [1.807, 2.05) is 24.3 Å². The van der Waals surface area contributed by atoms with Crippen LogP contribution in [0.3, 0.4) is 0 Å². The number of oxime groups is 1. The summed E-state index contributed by atoms with van der Waals surface area (Å²) < 4.78 is 10.9. The Morgan fingerprint density at radius 3 is 2.35 bits per heavy atom. The first-order valence-corrected chi connectivity index (χ1v) is 11.4. The second kappa shape index (κ2) is 10.6. The number of methoxy groups -OCH3 is 1. The summed E-state index contributed by atoms with van der Waals surface area (Å²) in [6.45, 7) is 6.59. The van der Waals surface area contributed by atoms with Crippen molar-refractivity contribution < 1.29 is 29.0 Å². The van der Waals surface area contributed by atoms with Crippen LogP contribution in [0.15, 0.2) is 53.7 Å². The van der Waals surface area contributed by atoms with Gasteiger partial charge in [0.05, 0.1) is 25.8 Å². The van der Waals surface area contributed by atoms with Crippen LogP contribution in [0.25, 0.3) is 0 Å². The molecule has 0 bridgehead atoms. The molecule has 2 aromatic carbocycles. The average molecular weight is 488 g/mol. The summed E-state index contributed by atoms with van der Waals surface area (Å²) in [6, 6.07) is 14.8. The average Bonchev–Trinajstić information content (AvgIpc) is 3.24. The van der Waals surface area contributed by atoms with E-state index in [0.29, 0.717) is 16.3 Å². The molecule has 1 aliphatic rings. The highest BCUT2D eigenvalue weighted by Gasteiger charge is 2.54. The van der Waals surface area contributed by atoms with E-state index in [-0.39, 0.29) is 31.3 Å². The molecule has 2 aromatic rings. The number of rotatable bonds is 9. The van der Waals surface area contributed by atoms with Gasteiger partial charge in [-0.3, -0.25) is 4.79 Å². The van der Waals surface area contributed by atoms with Gasteiger partial charge in [0, 0.05) is 11.4 Å². The van der Waals surface area contributed by atoms with E-state index >= 15 is 0 Å². The Hall–Kier alpha value is -2.90. The zero-order chi connectivity index (χ0) is 24.9. The van der Waals surface area contributed by atoms with E-state index in [2.05, 4.69) is 30.7 Å². The molecule has 3 rings (SSSR count). The Bertz CT molecular complexity index is 1040. The van der Waals surface area contributed by atoms with Gasteiger partial charge in [-0.25, -0.2) is 4.79 Å². The van der Waals surface area contributed by atoms with Gasteiger partial charge in [-0.15, -0.1) is 0 Å². The number of hydrogen-bond donors (Lipinski definition) is 1. The number of aliphatic carboxylic acids is 1. The Labute approximate surface area is 204 Å². The number of carboxylic acids is 1. The van der Waals surface area contributed by atoms with Gasteiger partial charge in [-0.1, -0.05) is 73.9 Å². The fourth-order valence-electron chi connectivity index (χ4n) is 3.78. The molecule has 1 aliphatic heterocycles. The van der Waals surface area contributed by atoms with Gasteiger partial charge in [-0.05, 0) is 40.7 Å². The van der Waals surface area contributed by atoms with Gasteiger partial charge < -0.3 is 19.4 Å². The molecule has 0 saturated carbocycles. The third-order valence-electron chi connectivity index (χ3n) is 5.84. The van der Waals surface area contributed by atoms with E-state index in [1.54, 1.807) is 24.3 Å². The van der Waals surface area contributed by atoms with Crippen molar-refractivity contribution in [3.8, 4) is 0 Å². The monoisotopic (exact) mass is 487 g/mol. The minimum atomic E-state index is -1.77. The van der Waals surface area contributed by atoms with Crippen LogP contribution in [0.2, 0.25) is 5.02 Å². The van der Waals surface area contributed by atoms with Crippen LogP contribution in [0.1, 0.15) is 62.8 Å². The third kappa shape index (κ3) is 5.96. The molecule has 0 fully saturated rings. The number of carboxylic acid groups (broad SMARTS) is 1. The maximum atomic E-state index is 12.5. The molecular weight excluding hydrogens is 458 g/mol. The lowest BCUT2D eigenvalue weighted by Crippen LogP contribution is -2.46. The highest BCUT2D eigenvalue weighted by Crippen LogP contribution is 2.41. The number of carbonyl (C=O) groups excluding carboxylic acids is 1. The van der Waals surface area contributed by atoms with Crippen LogP contribution in [0, 0.1) is 0 Å². The molecule has 0 saturated heterocycles. The van der Waals surface area contributed by atoms with Crippen molar-refractivity contribution in [1.29, 1.82) is 0 Å². The molecule has 2 atom stereocenters. The number of ether oxygens (including phenoxy) is 2. The van der Waals surface area contributed by atoms with Crippen LogP contribution in [0.5, 0.6) is 0 Å². The molecule has 0 spiro atoms. The predicted octanol–water partition coefficient (Wildman–Crippen LogP) is 5.45. The van der Waals surface area contributed by atoms with Crippen molar-refractivity contribution in [2.24, 2.45) is 5.16 Å². The van der Waals surface area contributed by atoms with Crippen LogP contribution >= 0.6 is 11.6 Å². The second-order valence-corrected chi connectivity index (χ2v) is 9.82. The van der Waals surface area contributed by atoms with Crippen LogP contribution < -0.4 is 0 Å². The quantitative estimate of drug-likeness (QED) is 0.473. The molecular formula is C26H30ClNO6. The number of halogens is 1. The minimum absolute atomic E-state index is 0.0183. The first-order valence-electron chi connectivity index (χ1n) is 11.1. The summed E-state index contributed by atoms with van der Waals surface area (Å²) in [6.07, 6.45) is -0.663. The van der Waals surface area contributed by atoms with E-state index in [1.165, 1.54) is 12.7 Å². The number of nitrogens with zero attached hydrogens (tertiary/aromatic N) is 1. The van der Waals surface area contributed by atoms with Gasteiger partial charge in [0.15, 0.2) is 0 Å². The van der Waals surface area contributed by atoms with Gasteiger partial charge >= 0.3 is 11.9 Å². The zero-order valence-electron chi connectivity index (χ0n) is 19.8. The maximum absolute atomic E-state index is 12.5. The lowest BCUT2D eigenvalue weighted by atomic mass is 9.85. The number of hydrogen-bond acceptors (Lipinski definition) is 6. The van der Waals surface area contributed by atoms with Crippen LogP contribution in [0.4, 0.5) is 0 Å². The van der Waals surface area contributed by atoms with E-state index in [9.17, 15) is 14.7 Å².